The van der Waals surface area contributed by atoms with Crippen LogP contribution in [0.3, 0.4) is 0 Å². The summed E-state index contributed by atoms with van der Waals surface area (Å²) in [5.41, 5.74) is 2.64. The number of benzene rings is 1. The van der Waals surface area contributed by atoms with E-state index in [1.165, 1.54) is 0 Å². The minimum absolute atomic E-state index is 0.235. The van der Waals surface area contributed by atoms with E-state index in [0.29, 0.717) is 25.1 Å². The Balaban J connectivity index is 1.93. The van der Waals surface area contributed by atoms with Crippen LogP contribution in [0.15, 0.2) is 24.3 Å². The smallest absolute Gasteiger partial charge is 0.410 e. The highest BCUT2D eigenvalue weighted by molar-refractivity contribution is 5.89. The third-order valence-corrected chi connectivity index (χ3v) is 4.64. The summed E-state index contributed by atoms with van der Waals surface area (Å²) in [7, 11) is 1.61. The molecular weight excluding hydrogens is 374 g/mol. The van der Waals surface area contributed by atoms with Crippen LogP contribution in [-0.2, 0) is 22.4 Å². The van der Waals surface area contributed by atoms with Crippen molar-refractivity contribution in [2.45, 2.75) is 33.7 Å². The molecule has 0 fully saturated rings. The monoisotopic (exact) mass is 401 g/mol. The largest absolute Gasteiger partial charge is 0.497 e. The average molecular weight is 401 g/mol. The van der Waals surface area contributed by atoms with Gasteiger partial charge in [-0.15, -0.1) is 0 Å². The summed E-state index contributed by atoms with van der Waals surface area (Å²) < 4.78 is 17.5. The number of rotatable bonds is 6. The molecule has 1 amide bonds. The van der Waals surface area contributed by atoms with Crippen molar-refractivity contribution in [2.75, 3.05) is 26.9 Å². The Hall–Kier alpha value is -3.03. The van der Waals surface area contributed by atoms with E-state index < -0.39 is 5.97 Å². The Bertz CT molecular complexity index is 873. The molecule has 0 aliphatic carbocycles. The second kappa shape index (κ2) is 8.98. The minimum atomic E-state index is -0.492. The zero-order valence-electron chi connectivity index (χ0n) is 17.3. The van der Waals surface area contributed by atoms with Crippen molar-refractivity contribution in [3.05, 3.63) is 41.2 Å². The normalized spacial score (nSPS) is 13.2. The molecule has 2 aromatic rings. The first-order valence-electron chi connectivity index (χ1n) is 9.78. The molecule has 156 valence electrons. The summed E-state index contributed by atoms with van der Waals surface area (Å²) >= 11 is 0. The predicted octanol–water partition coefficient (Wildman–Crippen LogP) is 3.21. The van der Waals surface area contributed by atoms with Crippen LogP contribution in [-0.4, -0.2) is 53.6 Å². The van der Waals surface area contributed by atoms with Crippen molar-refractivity contribution < 1.29 is 23.8 Å². The van der Waals surface area contributed by atoms with E-state index in [2.05, 4.69) is 5.10 Å². The van der Waals surface area contributed by atoms with Gasteiger partial charge in [0.05, 0.1) is 38.2 Å². The Morgan fingerprint density at radius 3 is 2.52 bits per heavy atom. The van der Waals surface area contributed by atoms with Crippen LogP contribution in [0.1, 0.15) is 42.5 Å². The molecule has 0 saturated carbocycles. The lowest BCUT2D eigenvalue weighted by Gasteiger charge is -2.27. The molecule has 3 rings (SSSR count). The molecule has 0 saturated heterocycles. The number of carbonyl (C=O) groups is 2. The molecule has 1 aromatic carbocycles. The molecule has 0 spiro atoms. The minimum Gasteiger partial charge on any atom is -0.497 e. The summed E-state index contributed by atoms with van der Waals surface area (Å²) in [4.78, 5) is 26.5. The highest BCUT2D eigenvalue weighted by atomic mass is 16.6. The van der Waals surface area contributed by atoms with Gasteiger partial charge in [0, 0.05) is 18.5 Å². The molecule has 0 bridgehead atoms. The van der Waals surface area contributed by atoms with Gasteiger partial charge >= 0.3 is 12.1 Å². The topological polar surface area (TPSA) is 82.9 Å². The highest BCUT2D eigenvalue weighted by Gasteiger charge is 2.31. The lowest BCUT2D eigenvalue weighted by atomic mass is 10.1. The van der Waals surface area contributed by atoms with Gasteiger partial charge in [0.2, 0.25) is 0 Å². The van der Waals surface area contributed by atoms with Gasteiger partial charge in [0.1, 0.15) is 5.75 Å². The molecule has 0 N–H and O–H groups in total. The van der Waals surface area contributed by atoms with Gasteiger partial charge in [-0.1, -0.05) is 13.8 Å². The molecule has 1 aromatic heterocycles. The first-order chi connectivity index (χ1) is 13.9. The van der Waals surface area contributed by atoms with Crippen LogP contribution in [0.4, 0.5) is 4.79 Å². The maximum atomic E-state index is 12.5. The van der Waals surface area contributed by atoms with Gasteiger partial charge in [-0.2, -0.15) is 5.10 Å². The van der Waals surface area contributed by atoms with Crippen molar-refractivity contribution >= 4 is 12.1 Å². The lowest BCUT2D eigenvalue weighted by molar-refractivity contribution is 0.0513. The molecule has 8 nitrogen and oxygen atoms in total. The number of hydrogen-bond acceptors (Lipinski definition) is 6. The van der Waals surface area contributed by atoms with Crippen molar-refractivity contribution in [3.63, 3.8) is 0 Å². The van der Waals surface area contributed by atoms with Crippen LogP contribution in [0.5, 0.6) is 5.75 Å². The molecule has 29 heavy (non-hydrogen) atoms. The molecular formula is C21H27N3O5. The van der Waals surface area contributed by atoms with Crippen molar-refractivity contribution in [1.29, 1.82) is 0 Å². The summed E-state index contributed by atoms with van der Waals surface area (Å²) in [5, 5.41) is 4.53. The van der Waals surface area contributed by atoms with E-state index in [0.717, 1.165) is 17.1 Å². The standard InChI is InChI=1S/C21H27N3O5/c1-5-28-20(25)19-17-12-23(21(26)29-13-14(2)3)11-10-18(17)24(22-19)15-6-8-16(27-4)9-7-15/h6-9,14H,5,10-13H2,1-4H3. The van der Waals surface area contributed by atoms with E-state index in [-0.39, 0.29) is 30.9 Å². The first-order valence-corrected chi connectivity index (χ1v) is 9.78. The van der Waals surface area contributed by atoms with Gasteiger partial charge in [-0.3, -0.25) is 0 Å². The Labute approximate surface area is 170 Å². The quantitative estimate of drug-likeness (QED) is 0.691. The maximum absolute atomic E-state index is 12.5. The third-order valence-electron chi connectivity index (χ3n) is 4.64. The Morgan fingerprint density at radius 1 is 1.17 bits per heavy atom. The number of esters is 1. The summed E-state index contributed by atoms with van der Waals surface area (Å²) in [6, 6.07) is 7.44. The van der Waals surface area contributed by atoms with Crippen LogP contribution in [0.25, 0.3) is 5.69 Å². The van der Waals surface area contributed by atoms with Gasteiger partial charge < -0.3 is 19.1 Å². The number of nitrogens with zero attached hydrogens (tertiary/aromatic N) is 3. The van der Waals surface area contributed by atoms with Crippen molar-refractivity contribution in [1.82, 2.24) is 14.7 Å². The fraction of sp³-hybridized carbons (Fsp3) is 0.476. The van der Waals surface area contributed by atoms with Crippen molar-refractivity contribution in [3.8, 4) is 11.4 Å². The zero-order valence-corrected chi connectivity index (χ0v) is 17.3. The van der Waals surface area contributed by atoms with Crippen LogP contribution in [0, 0.1) is 5.92 Å². The third kappa shape index (κ3) is 4.52. The van der Waals surface area contributed by atoms with Gasteiger partial charge in [-0.25, -0.2) is 14.3 Å². The fourth-order valence-electron chi connectivity index (χ4n) is 3.20. The SMILES string of the molecule is CCOC(=O)c1nn(-c2ccc(OC)cc2)c2c1CN(C(=O)OCC(C)C)CC2. The second-order valence-corrected chi connectivity index (χ2v) is 7.25. The Kier molecular flexibility index (Phi) is 6.41. The summed E-state index contributed by atoms with van der Waals surface area (Å²) in [6.07, 6.45) is 0.182. The molecule has 0 radical (unpaired) electrons. The molecule has 1 aliphatic heterocycles. The average Bonchev–Trinajstić information content (AvgIpc) is 3.11. The van der Waals surface area contributed by atoms with Crippen LogP contribution >= 0.6 is 0 Å². The fourth-order valence-corrected chi connectivity index (χ4v) is 3.20. The van der Waals surface area contributed by atoms with E-state index in [1.807, 2.05) is 38.1 Å². The molecule has 1 aliphatic rings. The molecule has 2 heterocycles. The van der Waals surface area contributed by atoms with Gasteiger partial charge in [-0.05, 0) is 37.1 Å². The number of fused-ring (bicyclic) bond motifs is 1. The van der Waals surface area contributed by atoms with E-state index in [9.17, 15) is 9.59 Å². The number of aromatic nitrogens is 2. The first kappa shape index (κ1) is 20.7. The number of methoxy groups -OCH3 is 1. The van der Waals surface area contributed by atoms with Crippen LogP contribution in [0.2, 0.25) is 0 Å². The predicted molar refractivity (Wildman–Crippen MR) is 106 cm³/mol. The van der Waals surface area contributed by atoms with Crippen LogP contribution < -0.4 is 4.74 Å². The lowest BCUT2D eigenvalue weighted by Crippen LogP contribution is -2.37. The van der Waals surface area contributed by atoms with E-state index in [4.69, 9.17) is 14.2 Å². The number of ether oxygens (including phenoxy) is 3. The summed E-state index contributed by atoms with van der Waals surface area (Å²) in [5.74, 6) is 0.500. The highest BCUT2D eigenvalue weighted by Crippen LogP contribution is 2.27. The Morgan fingerprint density at radius 2 is 1.90 bits per heavy atom. The van der Waals surface area contributed by atoms with E-state index >= 15 is 0 Å². The van der Waals surface area contributed by atoms with E-state index in [1.54, 1.807) is 23.6 Å². The van der Waals surface area contributed by atoms with Gasteiger partial charge in [0.15, 0.2) is 5.69 Å². The second-order valence-electron chi connectivity index (χ2n) is 7.25. The molecule has 0 atom stereocenters. The van der Waals surface area contributed by atoms with Gasteiger partial charge in [0.25, 0.3) is 0 Å². The number of hydrogen-bond donors (Lipinski definition) is 0. The number of amides is 1. The zero-order chi connectivity index (χ0) is 21.0. The molecule has 8 heteroatoms. The summed E-state index contributed by atoms with van der Waals surface area (Å²) in [6.45, 7) is 7.09. The maximum Gasteiger partial charge on any atom is 0.410 e. The van der Waals surface area contributed by atoms with Crippen molar-refractivity contribution in [2.24, 2.45) is 5.92 Å². The number of carbonyl (C=O) groups excluding carboxylic acids is 2. The molecule has 0 unspecified atom stereocenters.